The molecule has 1 N–H and O–H groups in total. The van der Waals surface area contributed by atoms with Crippen molar-refractivity contribution in [3.63, 3.8) is 0 Å². The van der Waals surface area contributed by atoms with Crippen LogP contribution in [0.2, 0.25) is 0 Å². The lowest BCUT2D eigenvalue weighted by Gasteiger charge is -2.35. The van der Waals surface area contributed by atoms with Crippen LogP contribution < -0.4 is 14.8 Å². The van der Waals surface area contributed by atoms with Gasteiger partial charge in [-0.05, 0) is 49.7 Å². The molecule has 6 atom stereocenters. The van der Waals surface area contributed by atoms with Crippen LogP contribution in [-0.4, -0.2) is 65.6 Å². The largest absolute Gasteiger partial charge is 0.497 e. The predicted molar refractivity (Wildman–Crippen MR) is 155 cm³/mol. The van der Waals surface area contributed by atoms with E-state index in [1.807, 2.05) is 0 Å². The number of hydrogen-bond acceptors (Lipinski definition) is 7. The van der Waals surface area contributed by atoms with E-state index >= 15 is 13.2 Å². The van der Waals surface area contributed by atoms with E-state index in [9.17, 15) is 14.4 Å². The summed E-state index contributed by atoms with van der Waals surface area (Å²) in [5, 5.41) is 2.61. The fraction of sp³-hybridized carbons (Fsp3) is 0.625. The van der Waals surface area contributed by atoms with E-state index in [-0.39, 0.29) is 41.7 Å². The maximum Gasteiger partial charge on any atom is 0.408 e. The minimum absolute atomic E-state index is 0.0206. The number of fused-ring (bicyclic) bond motifs is 5. The Morgan fingerprint density at radius 1 is 1.16 bits per heavy atom. The predicted octanol–water partition coefficient (Wildman–Crippen LogP) is 5.76. The third kappa shape index (κ3) is 6.17. The summed E-state index contributed by atoms with van der Waals surface area (Å²) in [4.78, 5) is 45.5. The monoisotopic (exact) mass is 619 g/mol. The highest BCUT2D eigenvalue weighted by Gasteiger charge is 2.50. The molecule has 0 radical (unpaired) electrons. The maximum absolute atomic E-state index is 16.1. The van der Waals surface area contributed by atoms with E-state index in [2.05, 4.69) is 10.3 Å². The van der Waals surface area contributed by atoms with E-state index < -0.39 is 71.1 Å². The van der Waals surface area contributed by atoms with Crippen molar-refractivity contribution in [2.75, 3.05) is 13.7 Å². The molecule has 0 spiro atoms. The Morgan fingerprint density at radius 3 is 2.55 bits per heavy atom. The van der Waals surface area contributed by atoms with Gasteiger partial charge >= 0.3 is 6.09 Å². The minimum Gasteiger partial charge on any atom is -0.497 e. The molecule has 2 fully saturated rings. The molecule has 3 aliphatic rings. The Labute approximate surface area is 254 Å². The van der Waals surface area contributed by atoms with E-state index in [1.54, 1.807) is 27.7 Å². The van der Waals surface area contributed by atoms with Gasteiger partial charge in [0.2, 0.25) is 11.8 Å². The summed E-state index contributed by atoms with van der Waals surface area (Å²) in [5.74, 6) is -6.51. The lowest BCUT2D eigenvalue weighted by molar-refractivity contribution is -0.141. The number of carbonyl (C=O) groups excluding carboxylic acids is 3. The van der Waals surface area contributed by atoms with E-state index in [4.69, 9.17) is 14.2 Å². The van der Waals surface area contributed by atoms with Gasteiger partial charge in [-0.15, -0.1) is 0 Å². The van der Waals surface area contributed by atoms with Crippen molar-refractivity contribution in [1.29, 1.82) is 0 Å². The molecule has 2 amide bonds. The zero-order valence-electron chi connectivity index (χ0n) is 25.9. The summed E-state index contributed by atoms with van der Waals surface area (Å²) in [6, 6.07) is 2.22. The number of ketones is 1. The van der Waals surface area contributed by atoms with Crippen LogP contribution in [0.15, 0.2) is 18.2 Å². The first-order valence-corrected chi connectivity index (χ1v) is 15.1. The van der Waals surface area contributed by atoms with Gasteiger partial charge in [0.25, 0.3) is 5.92 Å². The number of alkyl halides is 2. The zero-order valence-corrected chi connectivity index (χ0v) is 25.9. The number of benzene rings is 1. The van der Waals surface area contributed by atoms with Gasteiger partial charge in [0, 0.05) is 23.8 Å². The molecule has 44 heavy (non-hydrogen) atoms. The molecule has 1 saturated heterocycles. The smallest absolute Gasteiger partial charge is 0.408 e. The molecule has 12 heteroatoms. The normalized spacial score (nSPS) is 29.3. The van der Waals surface area contributed by atoms with Gasteiger partial charge in [-0.3, -0.25) is 9.59 Å². The summed E-state index contributed by atoms with van der Waals surface area (Å²) in [5.41, 5.74) is -1.64. The number of methoxy groups -OCH3 is 1. The Bertz CT molecular complexity index is 1460. The first-order valence-electron chi connectivity index (χ1n) is 15.1. The van der Waals surface area contributed by atoms with Gasteiger partial charge in [-0.25, -0.2) is 22.9 Å². The van der Waals surface area contributed by atoms with Crippen LogP contribution >= 0.6 is 0 Å². The number of halogens is 3. The number of carbonyl (C=O) groups is 3. The Balaban J connectivity index is 1.60. The summed E-state index contributed by atoms with van der Waals surface area (Å²) < 4.78 is 64.8. The van der Waals surface area contributed by atoms with E-state index in [0.717, 1.165) is 0 Å². The second kappa shape index (κ2) is 11.7. The van der Waals surface area contributed by atoms with Crippen molar-refractivity contribution in [1.82, 2.24) is 15.2 Å². The first kappa shape index (κ1) is 31.8. The molecule has 1 saturated carbocycles. The molecular weight excluding hydrogens is 579 g/mol. The van der Waals surface area contributed by atoms with Crippen LogP contribution in [0.25, 0.3) is 10.9 Å². The average molecular weight is 620 g/mol. The number of amides is 2. The van der Waals surface area contributed by atoms with Crippen molar-refractivity contribution in [2.45, 2.75) is 96.9 Å². The SMILES string of the molecule is COc1ccc2c(F)c3c(nc2c1)O[C@H]1CN(C(=O)[C@H](C(C)(C)C)NC(=O)O[C@@H]2C[C@H]2CCCCC3(F)F)[C@H](C(C)=O)C1C. The molecule has 1 aromatic heterocycles. The van der Waals surface area contributed by atoms with Gasteiger partial charge in [-0.2, -0.15) is 0 Å². The average Bonchev–Trinajstić information content (AvgIpc) is 3.58. The number of hydrogen-bond donors (Lipinski definition) is 1. The van der Waals surface area contributed by atoms with Crippen molar-refractivity contribution in [3.05, 3.63) is 29.6 Å². The fourth-order valence-electron chi connectivity index (χ4n) is 6.43. The summed E-state index contributed by atoms with van der Waals surface area (Å²) in [6.07, 6.45) is -1.05. The quantitative estimate of drug-likeness (QED) is 0.456. The number of alkyl carbamates (subject to hydrolysis) is 1. The number of rotatable bonds is 2. The molecule has 240 valence electrons. The van der Waals surface area contributed by atoms with Crippen LogP contribution in [0.1, 0.15) is 72.3 Å². The summed E-state index contributed by atoms with van der Waals surface area (Å²) >= 11 is 0. The number of Topliss-reactive ketones (excluding diaryl/α,β-unsaturated/α-hetero) is 1. The fourth-order valence-corrected chi connectivity index (χ4v) is 6.43. The highest BCUT2D eigenvalue weighted by molar-refractivity contribution is 5.92. The van der Waals surface area contributed by atoms with Crippen LogP contribution in [0, 0.1) is 23.1 Å². The molecule has 9 nitrogen and oxygen atoms in total. The lowest BCUT2D eigenvalue weighted by Crippen LogP contribution is -2.57. The van der Waals surface area contributed by atoms with Crippen LogP contribution in [0.3, 0.4) is 0 Å². The standard InChI is InChI=1S/C32H40F3N3O6/c1-16-23-15-38(26(16)17(2)39)29(40)27(31(3,4)5)37-30(41)44-22-13-18(22)9-7-8-12-32(34,35)24-25(33)20-11-10-19(42-6)14-21(20)36-28(24)43-23/h10-11,14,16,18,22-23,26-27H,7-9,12-13,15H2,1-6H3,(H,37,41)/t16?,18-,22-,23+,26+,27-/m1/s1. The van der Waals surface area contributed by atoms with Gasteiger partial charge in [-0.1, -0.05) is 34.1 Å². The third-order valence-electron chi connectivity index (χ3n) is 9.03. The second-order valence-corrected chi connectivity index (χ2v) is 13.4. The lowest BCUT2D eigenvalue weighted by atomic mass is 9.85. The molecule has 2 aromatic rings. The zero-order chi connectivity index (χ0) is 32.1. The van der Waals surface area contributed by atoms with Gasteiger partial charge in [0.15, 0.2) is 5.78 Å². The molecule has 2 aliphatic heterocycles. The Kier molecular flexibility index (Phi) is 8.50. The van der Waals surface area contributed by atoms with Crippen LogP contribution in [0.5, 0.6) is 11.6 Å². The van der Waals surface area contributed by atoms with Crippen molar-refractivity contribution < 1.29 is 41.8 Å². The van der Waals surface area contributed by atoms with Gasteiger partial charge in [0.05, 0.1) is 25.2 Å². The number of nitrogens with zero attached hydrogens (tertiary/aromatic N) is 2. The number of pyridine rings is 1. The molecule has 3 heterocycles. The molecular formula is C32H40F3N3O6. The van der Waals surface area contributed by atoms with Gasteiger partial charge in [0.1, 0.15) is 35.4 Å². The van der Waals surface area contributed by atoms with Crippen molar-refractivity contribution in [2.24, 2.45) is 17.3 Å². The molecule has 1 aliphatic carbocycles. The number of nitrogens with one attached hydrogen (secondary N) is 1. The van der Waals surface area contributed by atoms with Crippen LogP contribution in [-0.2, 0) is 20.2 Å². The highest BCUT2D eigenvalue weighted by atomic mass is 19.3. The second-order valence-electron chi connectivity index (χ2n) is 13.4. The van der Waals surface area contributed by atoms with Gasteiger partial charge < -0.3 is 24.4 Å². The van der Waals surface area contributed by atoms with E-state index in [1.165, 1.54) is 37.1 Å². The number of aromatic nitrogens is 1. The Hall–Kier alpha value is -3.57. The topological polar surface area (TPSA) is 107 Å². The van der Waals surface area contributed by atoms with E-state index in [0.29, 0.717) is 25.0 Å². The van der Waals surface area contributed by atoms with Crippen molar-refractivity contribution >= 4 is 28.7 Å². The maximum atomic E-state index is 16.1. The third-order valence-corrected chi connectivity index (χ3v) is 9.03. The molecule has 2 bridgehead atoms. The van der Waals surface area contributed by atoms with Crippen LogP contribution in [0.4, 0.5) is 18.0 Å². The number of ether oxygens (including phenoxy) is 3. The molecule has 5 rings (SSSR count). The molecule has 1 aromatic carbocycles. The molecule has 1 unspecified atom stereocenters. The first-order chi connectivity index (χ1) is 20.6. The van der Waals surface area contributed by atoms with Crippen molar-refractivity contribution in [3.8, 4) is 11.6 Å². The summed E-state index contributed by atoms with van der Waals surface area (Å²) in [7, 11) is 1.42. The minimum atomic E-state index is -3.63. The highest BCUT2D eigenvalue weighted by Crippen LogP contribution is 2.45. The Morgan fingerprint density at radius 2 is 1.89 bits per heavy atom. The summed E-state index contributed by atoms with van der Waals surface area (Å²) in [6.45, 7) is 8.18.